The third-order valence-corrected chi connectivity index (χ3v) is 6.37. The second-order valence-corrected chi connectivity index (χ2v) is 10.8. The fourth-order valence-corrected chi connectivity index (χ4v) is 4.25. The van der Waals surface area contributed by atoms with Crippen LogP contribution in [0.2, 0.25) is 0 Å². The smallest absolute Gasteiger partial charge is 0.433 e. The molecule has 2 aromatic heterocycles. The number of rotatable bonds is 8. The molecule has 0 saturated carbocycles. The molecule has 1 fully saturated rings. The van der Waals surface area contributed by atoms with E-state index in [0.717, 1.165) is 44.3 Å². The van der Waals surface area contributed by atoms with Gasteiger partial charge in [0.2, 0.25) is 5.88 Å². The number of aromatic hydroxyl groups is 1. The summed E-state index contributed by atoms with van der Waals surface area (Å²) in [5.74, 6) is -1.19. The molecular formula is C25H33F3N6O5S. The average molecular weight is 587 g/mol. The second-order valence-electron chi connectivity index (χ2n) is 9.77. The van der Waals surface area contributed by atoms with Crippen LogP contribution in [0.15, 0.2) is 35.6 Å². The predicted octanol–water partition coefficient (Wildman–Crippen LogP) is 3.69. The van der Waals surface area contributed by atoms with Crippen LogP contribution >= 0.6 is 11.8 Å². The molecule has 3 heterocycles. The summed E-state index contributed by atoms with van der Waals surface area (Å²) in [6, 6.07) is 2.50. The van der Waals surface area contributed by atoms with Crippen molar-refractivity contribution in [1.29, 1.82) is 0 Å². The Morgan fingerprint density at radius 1 is 1.02 bits per heavy atom. The number of thioether (sulfide) groups is 1. The highest BCUT2D eigenvalue weighted by Crippen LogP contribution is 2.32. The number of hydrogen-bond donors (Lipinski definition) is 3. The first-order valence-corrected chi connectivity index (χ1v) is 13.4. The quantitative estimate of drug-likeness (QED) is 0.179. The predicted molar refractivity (Wildman–Crippen MR) is 142 cm³/mol. The summed E-state index contributed by atoms with van der Waals surface area (Å²) < 4.78 is 40.3. The van der Waals surface area contributed by atoms with Gasteiger partial charge in [0.1, 0.15) is 17.3 Å². The third kappa shape index (κ3) is 11.7. The van der Waals surface area contributed by atoms with Gasteiger partial charge in [-0.3, -0.25) is 0 Å². The minimum atomic E-state index is -4.51. The number of anilines is 1. The molecule has 0 aliphatic carbocycles. The standard InChI is InChI=1S/C21H29F3N6OS.C4H4O4/c1-20(2,3)18-26-15(21(22,23)24)14-16(27-18)30-10-4-8-29(11-12-30)9-5-13-32-19-25-7-6-17(31)28-19;5-3(6)1-2-4(7)8/h6-7,14H,4-5,8-13H2,1-3H3,(H,25,28,31);1-2H,(H,5,6)(H,7,8). The van der Waals surface area contributed by atoms with Crippen molar-refractivity contribution in [3.63, 3.8) is 0 Å². The summed E-state index contributed by atoms with van der Waals surface area (Å²) in [6.45, 7) is 9.23. The number of nitrogens with zero attached hydrogens (tertiary/aromatic N) is 6. The molecule has 1 aliphatic heterocycles. The van der Waals surface area contributed by atoms with Gasteiger partial charge < -0.3 is 25.1 Å². The summed E-state index contributed by atoms with van der Waals surface area (Å²) in [4.78, 5) is 39.7. The van der Waals surface area contributed by atoms with Gasteiger partial charge in [0, 0.05) is 61.3 Å². The fraction of sp³-hybridized carbons (Fsp3) is 0.520. The summed E-state index contributed by atoms with van der Waals surface area (Å²) >= 11 is 1.49. The summed E-state index contributed by atoms with van der Waals surface area (Å²) in [5, 5.41) is 25.6. The number of aromatic nitrogens is 4. The molecule has 0 amide bonds. The molecule has 3 rings (SSSR count). The highest BCUT2D eigenvalue weighted by molar-refractivity contribution is 7.99. The number of carboxylic acid groups (broad SMARTS) is 2. The highest BCUT2D eigenvalue weighted by atomic mass is 32.2. The Labute approximate surface area is 234 Å². The first-order chi connectivity index (χ1) is 18.6. The van der Waals surface area contributed by atoms with Crippen LogP contribution in [0.4, 0.5) is 19.0 Å². The molecule has 11 nitrogen and oxygen atoms in total. The zero-order valence-electron chi connectivity index (χ0n) is 22.4. The van der Waals surface area contributed by atoms with E-state index in [4.69, 9.17) is 10.2 Å². The van der Waals surface area contributed by atoms with Crippen molar-refractivity contribution in [3.05, 3.63) is 42.0 Å². The lowest BCUT2D eigenvalue weighted by Crippen LogP contribution is -2.33. The van der Waals surface area contributed by atoms with Crippen LogP contribution in [0, 0.1) is 0 Å². The first-order valence-electron chi connectivity index (χ1n) is 12.4. The SMILES string of the molecule is CC(C)(C)c1nc(N2CCCN(CCCSc3nccc(O)n3)CC2)cc(C(F)(F)F)n1.O=C(O)C=CC(=O)O. The maximum atomic E-state index is 13.4. The lowest BCUT2D eigenvalue weighted by molar-refractivity contribution is -0.141. The van der Waals surface area contributed by atoms with Crippen molar-refractivity contribution < 1.29 is 38.1 Å². The Morgan fingerprint density at radius 2 is 1.70 bits per heavy atom. The minimum absolute atomic E-state index is 0.0388. The van der Waals surface area contributed by atoms with Crippen LogP contribution in [0.25, 0.3) is 0 Å². The van der Waals surface area contributed by atoms with Crippen LogP contribution in [0.1, 0.15) is 45.1 Å². The van der Waals surface area contributed by atoms with E-state index >= 15 is 0 Å². The molecule has 1 aliphatic rings. The van der Waals surface area contributed by atoms with Crippen molar-refractivity contribution in [1.82, 2.24) is 24.8 Å². The third-order valence-electron chi connectivity index (χ3n) is 5.42. The van der Waals surface area contributed by atoms with Gasteiger partial charge in [-0.25, -0.2) is 24.5 Å². The molecule has 0 spiro atoms. The lowest BCUT2D eigenvalue weighted by Gasteiger charge is -2.26. The zero-order valence-corrected chi connectivity index (χ0v) is 23.2. The molecule has 0 aromatic carbocycles. The van der Waals surface area contributed by atoms with Crippen molar-refractivity contribution in [2.24, 2.45) is 0 Å². The maximum absolute atomic E-state index is 13.4. The van der Waals surface area contributed by atoms with Gasteiger partial charge in [0.05, 0.1) is 0 Å². The molecule has 0 radical (unpaired) electrons. The number of carboxylic acids is 2. The minimum Gasteiger partial charge on any atom is -0.493 e. The van der Waals surface area contributed by atoms with Crippen LogP contribution in [0.5, 0.6) is 5.88 Å². The Balaban J connectivity index is 0.000000611. The van der Waals surface area contributed by atoms with E-state index in [1.54, 1.807) is 0 Å². The Bertz CT molecular complexity index is 1130. The number of hydrogen-bond acceptors (Lipinski definition) is 10. The van der Waals surface area contributed by atoms with E-state index in [0.29, 0.717) is 36.2 Å². The van der Waals surface area contributed by atoms with Crippen LogP contribution in [-0.2, 0) is 21.2 Å². The Kier molecular flexibility index (Phi) is 12.1. The van der Waals surface area contributed by atoms with E-state index in [1.165, 1.54) is 24.0 Å². The van der Waals surface area contributed by atoms with E-state index < -0.39 is 29.2 Å². The molecule has 0 bridgehead atoms. The van der Waals surface area contributed by atoms with Crippen LogP contribution in [0.3, 0.4) is 0 Å². The Morgan fingerprint density at radius 3 is 2.27 bits per heavy atom. The maximum Gasteiger partial charge on any atom is 0.433 e. The number of halogens is 3. The van der Waals surface area contributed by atoms with Crippen molar-refractivity contribution in [2.45, 2.75) is 50.4 Å². The van der Waals surface area contributed by atoms with Gasteiger partial charge in [-0.2, -0.15) is 18.2 Å². The molecule has 2 aromatic rings. The van der Waals surface area contributed by atoms with Gasteiger partial charge in [0.25, 0.3) is 0 Å². The monoisotopic (exact) mass is 586 g/mol. The summed E-state index contributed by atoms with van der Waals surface area (Å²) in [5.41, 5.74) is -1.47. The van der Waals surface area contributed by atoms with Crippen molar-refractivity contribution in [2.75, 3.05) is 43.4 Å². The number of carbonyl (C=O) groups is 2. The van der Waals surface area contributed by atoms with E-state index in [-0.39, 0.29) is 11.7 Å². The van der Waals surface area contributed by atoms with Gasteiger partial charge >= 0.3 is 18.1 Å². The largest absolute Gasteiger partial charge is 0.493 e. The topological polar surface area (TPSA) is 153 Å². The van der Waals surface area contributed by atoms with E-state index in [1.807, 2.05) is 25.7 Å². The zero-order chi connectivity index (χ0) is 29.9. The molecule has 15 heteroatoms. The second kappa shape index (κ2) is 14.8. The first kappa shape index (κ1) is 32.8. The fourth-order valence-electron chi connectivity index (χ4n) is 3.50. The molecule has 220 valence electrons. The van der Waals surface area contributed by atoms with E-state index in [2.05, 4.69) is 24.8 Å². The molecule has 0 unspecified atom stereocenters. The number of alkyl halides is 3. The average Bonchev–Trinajstić information content (AvgIpc) is 3.10. The van der Waals surface area contributed by atoms with Gasteiger partial charge in [-0.15, -0.1) is 0 Å². The molecule has 1 saturated heterocycles. The number of aliphatic carboxylic acids is 2. The molecule has 0 atom stereocenters. The normalized spacial score (nSPS) is 14.9. The van der Waals surface area contributed by atoms with Crippen molar-refractivity contribution >= 4 is 29.5 Å². The lowest BCUT2D eigenvalue weighted by atomic mass is 9.95. The Hall–Kier alpha value is -3.46. The van der Waals surface area contributed by atoms with Crippen LogP contribution in [-0.4, -0.2) is 90.6 Å². The van der Waals surface area contributed by atoms with Crippen molar-refractivity contribution in [3.8, 4) is 5.88 Å². The summed E-state index contributed by atoms with van der Waals surface area (Å²) in [7, 11) is 0. The van der Waals surface area contributed by atoms with Gasteiger partial charge in [0.15, 0.2) is 5.16 Å². The molecule has 3 N–H and O–H groups in total. The van der Waals surface area contributed by atoms with Gasteiger partial charge in [-0.1, -0.05) is 32.5 Å². The molecule has 40 heavy (non-hydrogen) atoms. The summed E-state index contributed by atoms with van der Waals surface area (Å²) in [6.07, 6.45) is -0.101. The van der Waals surface area contributed by atoms with Crippen LogP contribution < -0.4 is 4.90 Å². The highest BCUT2D eigenvalue weighted by Gasteiger charge is 2.35. The van der Waals surface area contributed by atoms with Gasteiger partial charge in [-0.05, 0) is 25.9 Å². The molecular weight excluding hydrogens is 553 g/mol. The van der Waals surface area contributed by atoms with E-state index in [9.17, 15) is 27.9 Å².